The van der Waals surface area contributed by atoms with Gasteiger partial charge in [0.25, 0.3) is 0 Å². The third-order valence-corrected chi connectivity index (χ3v) is 15.3. The summed E-state index contributed by atoms with van der Waals surface area (Å²) in [7, 11) is 0. The van der Waals surface area contributed by atoms with Gasteiger partial charge in [-0.05, 0) is 92.2 Å². The first kappa shape index (κ1) is 61.1. The normalized spacial score (nSPS) is 23.3. The molecular formula is C58H78N14O10. The number of aromatic amines is 1. The van der Waals surface area contributed by atoms with Crippen molar-refractivity contribution < 1.29 is 47.9 Å². The highest BCUT2D eigenvalue weighted by Crippen LogP contribution is 2.27. The van der Waals surface area contributed by atoms with Gasteiger partial charge in [0, 0.05) is 63.0 Å². The van der Waals surface area contributed by atoms with Crippen LogP contribution in [0.4, 0.5) is 0 Å². The molecule has 8 atom stereocenters. The number of nitrogens with one attached hydrogen (secondary N) is 8. The molecule has 4 heterocycles. The lowest BCUT2D eigenvalue weighted by molar-refractivity contribution is -0.148. The fourth-order valence-corrected chi connectivity index (χ4v) is 11.0. The zero-order chi connectivity index (χ0) is 58.9. The molecule has 0 radical (unpaired) electrons. The van der Waals surface area contributed by atoms with Gasteiger partial charge < -0.3 is 69.2 Å². The zero-order valence-electron chi connectivity index (χ0n) is 46.6. The molecule has 3 fully saturated rings. The van der Waals surface area contributed by atoms with Crippen molar-refractivity contribution in [2.24, 2.45) is 22.2 Å². The third-order valence-electron chi connectivity index (χ3n) is 15.3. The largest absolute Gasteiger partial charge is 0.370 e. The molecule has 4 aromatic rings. The molecule has 0 saturated carbocycles. The van der Waals surface area contributed by atoms with Crippen LogP contribution in [-0.2, 0) is 60.8 Å². The molecule has 0 aliphatic carbocycles. The topological polar surface area (TPSA) is 368 Å². The van der Waals surface area contributed by atoms with Crippen LogP contribution in [0, 0.1) is 0 Å². The van der Waals surface area contributed by atoms with E-state index in [0.29, 0.717) is 36.8 Å². The number of unbranched alkanes of at least 4 members (excludes halogenated alkanes) is 1. The standard InChI is InChI=1S/C58H78N14O10/c1-3-4-17-42(65-34(2)73)51(76)70-46-32-49(74)62-25-10-9-19-41(50(59)75)66-54(79)45(31-38-33-64-40-18-8-7-16-39(38)40)68-52(77)43(20-11-26-63-58(60)61)67-53(78)44(30-35-23-24-36-14-5-6-15-37(36)29-35)69-55(80)47-21-12-27-71(47)57(82)48-22-13-28-72(48)56(46)81/h5-8,14-16,18,23-24,29,33,41-48,64H,3-4,9-13,17,19-22,25-28,30-32H2,1-2H3,(H2,59,75)(H,62,74)(H,65,73)(H,66,79)(H,67,78)(H,68,77)(H,69,80)(H,70,76)(H4,60,61,63)/t41-,42-,43-,44+,45-,46-,47-,48-/m0/s1. The Kier molecular flexibility index (Phi) is 21.8. The lowest BCUT2D eigenvalue weighted by atomic mass is 9.99. The number of carbonyl (C=O) groups excluding carboxylic acids is 10. The van der Waals surface area contributed by atoms with Crippen molar-refractivity contribution in [1.82, 2.24) is 52.0 Å². The number of para-hydroxylation sites is 1. The quantitative estimate of drug-likeness (QED) is 0.0439. The van der Waals surface area contributed by atoms with Crippen molar-refractivity contribution in [3.63, 3.8) is 0 Å². The molecule has 7 rings (SSSR count). The van der Waals surface area contributed by atoms with E-state index in [0.717, 1.165) is 21.7 Å². The van der Waals surface area contributed by atoms with Crippen LogP contribution in [-0.4, -0.2) is 154 Å². The molecule has 14 N–H and O–H groups in total. The molecule has 82 heavy (non-hydrogen) atoms. The van der Waals surface area contributed by atoms with Gasteiger partial charge in [-0.1, -0.05) is 80.4 Å². The number of H-pyrrole nitrogens is 1. The van der Waals surface area contributed by atoms with E-state index in [-0.39, 0.29) is 96.3 Å². The van der Waals surface area contributed by atoms with E-state index in [9.17, 15) is 47.9 Å². The maximum Gasteiger partial charge on any atom is 0.246 e. The van der Waals surface area contributed by atoms with E-state index >= 15 is 0 Å². The van der Waals surface area contributed by atoms with Gasteiger partial charge >= 0.3 is 0 Å². The minimum atomic E-state index is -1.47. The first-order valence-electron chi connectivity index (χ1n) is 28.4. The Balaban J connectivity index is 1.24. The molecule has 3 aromatic carbocycles. The van der Waals surface area contributed by atoms with Crippen LogP contribution in [0.3, 0.4) is 0 Å². The number of nitrogens with two attached hydrogens (primary N) is 3. The van der Waals surface area contributed by atoms with Gasteiger partial charge in [0.05, 0.1) is 6.42 Å². The van der Waals surface area contributed by atoms with Crippen molar-refractivity contribution in [1.29, 1.82) is 0 Å². The molecule has 3 aliphatic heterocycles. The lowest BCUT2D eigenvalue weighted by Crippen LogP contribution is -2.60. The van der Waals surface area contributed by atoms with E-state index in [4.69, 9.17) is 17.2 Å². The fourth-order valence-electron chi connectivity index (χ4n) is 11.0. The predicted molar refractivity (Wildman–Crippen MR) is 306 cm³/mol. The number of guanidine groups is 1. The second-order valence-corrected chi connectivity index (χ2v) is 21.4. The number of aromatic nitrogens is 1. The van der Waals surface area contributed by atoms with Crippen LogP contribution >= 0.6 is 0 Å². The minimum Gasteiger partial charge on any atom is -0.370 e. The van der Waals surface area contributed by atoms with Gasteiger partial charge in [-0.3, -0.25) is 52.9 Å². The number of primary amides is 1. The summed E-state index contributed by atoms with van der Waals surface area (Å²) in [6.07, 6.45) is 4.57. The minimum absolute atomic E-state index is 0.0280. The summed E-state index contributed by atoms with van der Waals surface area (Å²) >= 11 is 0. The summed E-state index contributed by atoms with van der Waals surface area (Å²) in [4.78, 5) is 151. The van der Waals surface area contributed by atoms with Crippen LogP contribution in [0.25, 0.3) is 21.7 Å². The van der Waals surface area contributed by atoms with Gasteiger partial charge in [0.15, 0.2) is 5.96 Å². The highest BCUT2D eigenvalue weighted by molar-refractivity contribution is 6.00. The van der Waals surface area contributed by atoms with Crippen LogP contribution in [0.2, 0.25) is 0 Å². The number of hydrogen-bond donors (Lipinski definition) is 11. The second-order valence-electron chi connectivity index (χ2n) is 21.4. The summed E-state index contributed by atoms with van der Waals surface area (Å²) in [5.41, 5.74) is 19.2. The number of hydrogen-bond acceptors (Lipinski definition) is 11. The molecule has 24 heteroatoms. The third kappa shape index (κ3) is 16.5. The van der Waals surface area contributed by atoms with Crippen molar-refractivity contribution in [3.8, 4) is 0 Å². The molecule has 3 saturated heterocycles. The maximum absolute atomic E-state index is 15.0. The van der Waals surface area contributed by atoms with E-state index in [1.165, 1.54) is 16.7 Å². The number of fused-ring (bicyclic) bond motifs is 4. The van der Waals surface area contributed by atoms with Crippen LogP contribution in [0.15, 0.2) is 77.9 Å². The molecule has 0 unspecified atom stereocenters. The van der Waals surface area contributed by atoms with E-state index in [1.54, 1.807) is 6.20 Å². The van der Waals surface area contributed by atoms with Crippen LogP contribution in [0.1, 0.15) is 108 Å². The number of amides is 10. The Morgan fingerprint density at radius 3 is 2.10 bits per heavy atom. The molecule has 10 amide bonds. The van der Waals surface area contributed by atoms with Crippen LogP contribution in [0.5, 0.6) is 0 Å². The van der Waals surface area contributed by atoms with Gasteiger partial charge in [-0.15, -0.1) is 0 Å². The molecule has 0 bridgehead atoms. The van der Waals surface area contributed by atoms with Crippen molar-refractivity contribution >= 4 is 86.7 Å². The van der Waals surface area contributed by atoms with Gasteiger partial charge in [0.1, 0.15) is 48.3 Å². The van der Waals surface area contributed by atoms with E-state index < -0.39 is 114 Å². The molecule has 24 nitrogen and oxygen atoms in total. The number of rotatable bonds is 15. The summed E-state index contributed by atoms with van der Waals surface area (Å²) in [5.74, 6) is -6.98. The fraction of sp³-hybridized carbons (Fsp3) is 0.500. The Hall–Kier alpha value is -8.57. The maximum atomic E-state index is 15.0. The summed E-state index contributed by atoms with van der Waals surface area (Å²) < 4.78 is 0. The van der Waals surface area contributed by atoms with Crippen molar-refractivity contribution in [3.05, 3.63) is 84.1 Å². The number of benzene rings is 3. The van der Waals surface area contributed by atoms with Crippen molar-refractivity contribution in [2.75, 3.05) is 26.2 Å². The predicted octanol–water partition coefficient (Wildman–Crippen LogP) is 0.436. The Labute approximate surface area is 476 Å². The number of aliphatic imine (C=N–C) groups is 1. The molecule has 1 aromatic heterocycles. The first-order chi connectivity index (χ1) is 39.4. The number of nitrogens with zero attached hydrogens (tertiary/aromatic N) is 3. The Bertz CT molecular complexity index is 3010. The average molecular weight is 1130 g/mol. The van der Waals surface area contributed by atoms with Crippen molar-refractivity contribution in [2.45, 2.75) is 158 Å². The van der Waals surface area contributed by atoms with E-state index in [1.807, 2.05) is 73.7 Å². The second kappa shape index (κ2) is 29.2. The monoisotopic (exact) mass is 1130 g/mol. The molecular weight excluding hydrogens is 1050 g/mol. The Morgan fingerprint density at radius 1 is 0.707 bits per heavy atom. The van der Waals surface area contributed by atoms with Gasteiger partial charge in [-0.25, -0.2) is 0 Å². The Morgan fingerprint density at radius 2 is 1.37 bits per heavy atom. The average Bonchev–Trinajstić information content (AvgIpc) is 4.43. The van der Waals surface area contributed by atoms with E-state index in [2.05, 4.69) is 47.2 Å². The molecule has 3 aliphatic rings. The van der Waals surface area contributed by atoms with Gasteiger partial charge in [-0.2, -0.15) is 0 Å². The highest BCUT2D eigenvalue weighted by Gasteiger charge is 2.45. The molecule has 0 spiro atoms. The summed E-state index contributed by atoms with van der Waals surface area (Å²) in [6, 6.07) is 10.7. The van der Waals surface area contributed by atoms with Crippen LogP contribution < -0.4 is 54.4 Å². The SMILES string of the molecule is CCCC[C@H](NC(C)=O)C(=O)N[C@H]1CC(=O)NCCCC[C@@H](C(N)=O)NC(=O)[C@H](Cc2c[nH]c3ccccc23)NC(=O)[C@H](CCCN=C(N)N)NC(=O)[C@@H](Cc2ccc3ccccc3c2)NC(=O)[C@@H]2CCCN2C(=O)[C@@H]2CCCN2C1=O. The summed E-state index contributed by atoms with van der Waals surface area (Å²) in [6.45, 7) is 3.58. The smallest absolute Gasteiger partial charge is 0.246 e. The highest BCUT2D eigenvalue weighted by atomic mass is 16.2. The lowest BCUT2D eigenvalue weighted by Gasteiger charge is -2.33. The summed E-state index contributed by atoms with van der Waals surface area (Å²) in [5, 5.41) is 22.0. The van der Waals surface area contributed by atoms with Gasteiger partial charge in [0.2, 0.25) is 59.1 Å². The zero-order valence-corrected chi connectivity index (χ0v) is 46.6. The molecule has 440 valence electrons. The number of carbonyl (C=O) groups is 10. The first-order valence-corrected chi connectivity index (χ1v) is 28.4.